The summed E-state index contributed by atoms with van der Waals surface area (Å²) in [5.41, 5.74) is 7.18. The molecule has 0 saturated carbocycles. The second-order valence-corrected chi connectivity index (χ2v) is 13.9. The van der Waals surface area contributed by atoms with E-state index in [1.54, 1.807) is 7.05 Å². The van der Waals surface area contributed by atoms with Gasteiger partial charge < -0.3 is 38.7 Å². The summed E-state index contributed by atoms with van der Waals surface area (Å²) >= 11 is 0. The minimum Gasteiger partial charge on any atom is -0.463 e. The van der Waals surface area contributed by atoms with Crippen molar-refractivity contribution in [3.8, 4) is 0 Å². The average Bonchev–Trinajstić information content (AvgIpc) is 3.61. The quantitative estimate of drug-likeness (QED) is 0.116. The van der Waals surface area contributed by atoms with Crippen LogP contribution in [0.3, 0.4) is 0 Å². The van der Waals surface area contributed by atoms with Crippen LogP contribution < -0.4 is 16.0 Å². The topological polar surface area (TPSA) is 176 Å². The number of aromatic amines is 1. The summed E-state index contributed by atoms with van der Waals surface area (Å²) < 4.78 is 34.1. The first-order valence-corrected chi connectivity index (χ1v) is 18.4. The first kappa shape index (κ1) is 43.8. The lowest BCUT2D eigenvalue weighted by molar-refractivity contribution is -0.308. The second-order valence-electron chi connectivity index (χ2n) is 13.9. The highest BCUT2D eigenvalue weighted by Gasteiger charge is 2.52. The van der Waals surface area contributed by atoms with Gasteiger partial charge >= 0.3 is 23.9 Å². The summed E-state index contributed by atoms with van der Waals surface area (Å²) in [6.07, 6.45) is -0.765. The second kappa shape index (κ2) is 20.2. The number of aryl methyl sites for hydroxylation is 1. The summed E-state index contributed by atoms with van der Waals surface area (Å²) in [5, 5.41) is 5.42. The Kier molecular flexibility index (Phi) is 16.4. The molecule has 1 aromatic rings. The van der Waals surface area contributed by atoms with Crippen LogP contribution in [0.25, 0.3) is 11.6 Å². The molecule has 0 spiro atoms. The first-order chi connectivity index (χ1) is 25.5. The predicted molar refractivity (Wildman–Crippen MR) is 205 cm³/mol. The van der Waals surface area contributed by atoms with Crippen LogP contribution in [0.15, 0.2) is 39.1 Å². The molecule has 2 aliphatic heterocycles. The Morgan fingerprint density at radius 2 is 1.56 bits per heavy atom. The number of nitrogens with one attached hydrogen (secondary N) is 2. The summed E-state index contributed by atoms with van der Waals surface area (Å²) in [4.78, 5) is 61.4. The van der Waals surface area contributed by atoms with Gasteiger partial charge in [0.05, 0.1) is 0 Å². The number of likely N-dealkylation sites (N-methyl/N-ethyl adjacent to an activating group) is 1. The van der Waals surface area contributed by atoms with Crippen molar-refractivity contribution in [1.82, 2.24) is 10.3 Å². The van der Waals surface area contributed by atoms with E-state index in [1.165, 1.54) is 27.7 Å². The van der Waals surface area contributed by atoms with Gasteiger partial charge in [-0.15, -0.1) is 0 Å². The monoisotopic (exact) mass is 754 g/mol. The number of ether oxygens (including phenoxy) is 6. The molecular formula is C40H58N4O10. The van der Waals surface area contributed by atoms with Crippen LogP contribution in [0, 0.1) is 18.8 Å². The fourth-order valence-electron chi connectivity index (χ4n) is 6.55. The van der Waals surface area contributed by atoms with Crippen LogP contribution in [-0.2, 0) is 47.6 Å². The minimum absolute atomic E-state index is 0.0327. The molecule has 14 heteroatoms. The van der Waals surface area contributed by atoms with Gasteiger partial charge in [-0.05, 0) is 83.7 Å². The number of carbonyl (C=O) groups excluding carboxylic acids is 4. The van der Waals surface area contributed by atoms with E-state index in [0.29, 0.717) is 12.8 Å². The lowest BCUT2D eigenvalue weighted by Gasteiger charge is -2.44. The molecule has 298 valence electrons. The molecule has 1 saturated heterocycles. The number of rotatable bonds is 15. The molecule has 0 aliphatic carbocycles. The Hall–Kier alpha value is -4.56. The Bertz CT molecular complexity index is 1780. The average molecular weight is 755 g/mol. The number of nitrogens with zero attached hydrogens (tertiary/aromatic N) is 2. The number of allylic oxidation sites excluding steroid dienone is 3. The highest BCUT2D eigenvalue weighted by Crippen LogP contribution is 2.37. The molecule has 0 unspecified atom stereocenters. The molecule has 14 nitrogen and oxygen atoms in total. The SMILES string of the molecule is CCNC(/C=C1N=C(/C(C)=c2/cc(C)/c(=C/C(C)=N/C)[nH]2)[C@@H](CCCO[C@@H]2O[C@H](COC(C)=O)[C@@H](OC(C)=O)[C@H](OC(C)=O)[C@H]2OC(C)=O)[C@@H]\1C)=C(C)C. The van der Waals surface area contributed by atoms with Crippen molar-refractivity contribution in [2.45, 2.75) is 120 Å². The van der Waals surface area contributed by atoms with Crippen LogP contribution in [0.5, 0.6) is 0 Å². The third-order valence-electron chi connectivity index (χ3n) is 9.31. The molecule has 3 rings (SSSR count). The van der Waals surface area contributed by atoms with Crippen LogP contribution in [0.4, 0.5) is 0 Å². The maximum absolute atomic E-state index is 12.3. The normalized spacial score (nSPS) is 25.8. The third kappa shape index (κ3) is 12.0. The molecule has 2 aliphatic rings. The maximum atomic E-state index is 12.3. The standard InChI is InChI=1S/C40H58N4O10/c1-13-42-31(21(2)3)19-34-24(6)30(36(44-34)25(7)33-17-22(4)32(43-33)18-23(5)41-12)15-14-16-49-40-39(53-29(11)48)38(52-28(10)47)37(51-27(9)46)35(54-40)20-50-26(8)45/h17-19,24,30,35,37-40,42-43H,13-16,20H2,1-12H3/b32-18-,33-25-,34-19-,41-23+/t24-,30-,35+,37+,38-,39+,40+/m0/s1. The van der Waals surface area contributed by atoms with Gasteiger partial charge in [-0.3, -0.25) is 29.2 Å². The van der Waals surface area contributed by atoms with Crippen LogP contribution in [-0.4, -0.2) is 97.8 Å². The van der Waals surface area contributed by atoms with Crippen molar-refractivity contribution in [3.05, 3.63) is 45.4 Å². The van der Waals surface area contributed by atoms with Crippen molar-refractivity contribution >= 4 is 46.9 Å². The summed E-state index contributed by atoms with van der Waals surface area (Å²) in [6.45, 7) is 19.9. The zero-order valence-corrected chi connectivity index (χ0v) is 33.8. The third-order valence-corrected chi connectivity index (χ3v) is 9.31. The van der Waals surface area contributed by atoms with E-state index in [-0.39, 0.29) is 25.0 Å². The Morgan fingerprint density at radius 1 is 0.926 bits per heavy atom. The number of hydrogen-bond donors (Lipinski definition) is 2. The van der Waals surface area contributed by atoms with E-state index in [9.17, 15) is 19.2 Å². The Balaban J connectivity index is 1.96. The van der Waals surface area contributed by atoms with Gasteiger partial charge in [0.15, 0.2) is 24.6 Å². The van der Waals surface area contributed by atoms with E-state index in [2.05, 4.69) is 69.0 Å². The highest BCUT2D eigenvalue weighted by atomic mass is 16.7. The highest BCUT2D eigenvalue weighted by molar-refractivity contribution is 6.20. The van der Waals surface area contributed by atoms with E-state index in [4.69, 9.17) is 33.4 Å². The zero-order valence-electron chi connectivity index (χ0n) is 33.8. The lowest BCUT2D eigenvalue weighted by Crippen LogP contribution is -2.63. The van der Waals surface area contributed by atoms with Crippen LogP contribution in [0.2, 0.25) is 0 Å². The van der Waals surface area contributed by atoms with Gasteiger partial charge in [0.2, 0.25) is 0 Å². The van der Waals surface area contributed by atoms with Gasteiger partial charge in [-0.2, -0.15) is 0 Å². The molecule has 0 bridgehead atoms. The summed E-state index contributed by atoms with van der Waals surface area (Å²) in [7, 11) is 1.77. The number of aromatic nitrogens is 1. The molecule has 7 atom stereocenters. The zero-order chi connectivity index (χ0) is 40.3. The smallest absolute Gasteiger partial charge is 0.303 e. The largest absolute Gasteiger partial charge is 0.463 e. The van der Waals surface area contributed by atoms with Gasteiger partial charge in [-0.1, -0.05) is 12.5 Å². The number of aliphatic imine (C=N–C) groups is 2. The van der Waals surface area contributed by atoms with Gasteiger partial charge in [0, 0.05) is 93.2 Å². The van der Waals surface area contributed by atoms with Crippen molar-refractivity contribution in [2.24, 2.45) is 21.8 Å². The maximum Gasteiger partial charge on any atom is 0.303 e. The number of carbonyl (C=O) groups is 4. The molecule has 3 heterocycles. The molecule has 0 radical (unpaired) electrons. The number of H-pyrrole nitrogens is 1. The molecule has 1 aromatic heterocycles. The van der Waals surface area contributed by atoms with Crippen molar-refractivity contribution in [3.63, 3.8) is 0 Å². The van der Waals surface area contributed by atoms with E-state index in [1.807, 2.05) is 13.0 Å². The molecular weight excluding hydrogens is 696 g/mol. The van der Waals surface area contributed by atoms with E-state index >= 15 is 0 Å². The molecule has 54 heavy (non-hydrogen) atoms. The predicted octanol–water partition coefficient (Wildman–Crippen LogP) is 3.74. The fourth-order valence-corrected chi connectivity index (χ4v) is 6.55. The van der Waals surface area contributed by atoms with Gasteiger partial charge in [-0.25, -0.2) is 0 Å². The fraction of sp³-hybridized carbons (Fsp3) is 0.600. The van der Waals surface area contributed by atoms with Crippen molar-refractivity contribution in [1.29, 1.82) is 0 Å². The van der Waals surface area contributed by atoms with Crippen LogP contribution >= 0.6 is 0 Å². The van der Waals surface area contributed by atoms with Gasteiger partial charge in [0.25, 0.3) is 0 Å². The lowest BCUT2D eigenvalue weighted by atomic mass is 9.84. The molecule has 0 aromatic carbocycles. The van der Waals surface area contributed by atoms with E-state index in [0.717, 1.165) is 56.8 Å². The summed E-state index contributed by atoms with van der Waals surface area (Å²) in [5.74, 6) is -2.58. The molecule has 2 N–H and O–H groups in total. The Morgan fingerprint density at radius 3 is 2.13 bits per heavy atom. The van der Waals surface area contributed by atoms with Crippen molar-refractivity contribution < 1.29 is 47.6 Å². The summed E-state index contributed by atoms with van der Waals surface area (Å²) in [6, 6.07) is 2.13. The van der Waals surface area contributed by atoms with Crippen molar-refractivity contribution in [2.75, 3.05) is 26.8 Å². The minimum atomic E-state index is -1.30. The number of hydrogen-bond acceptors (Lipinski definition) is 13. The van der Waals surface area contributed by atoms with E-state index < -0.39 is 54.6 Å². The van der Waals surface area contributed by atoms with Gasteiger partial charge in [0.1, 0.15) is 12.7 Å². The van der Waals surface area contributed by atoms with Crippen LogP contribution in [0.1, 0.15) is 87.6 Å². The Labute approximate surface area is 318 Å². The first-order valence-electron chi connectivity index (χ1n) is 18.4. The molecule has 1 fully saturated rings. The molecule has 0 amide bonds. The number of esters is 4.